The lowest BCUT2D eigenvalue weighted by Crippen LogP contribution is -2.32. The SMILES string of the molecule is COc1ccc(CNC(=O)c2cccn(-c3cc(C)ccc3F)c2=O)cc1.Cc1ccc(F)c(-n2cccc(C(=O)NCc3ccc(N(C)C)cc3)c2=O)c1. The van der Waals surface area contributed by atoms with Crippen molar-refractivity contribution in [3.63, 3.8) is 0 Å². The van der Waals surface area contributed by atoms with Crippen LogP contribution in [0.25, 0.3) is 11.4 Å². The number of aryl methyl sites for hydroxylation is 2. The van der Waals surface area contributed by atoms with Gasteiger partial charge in [0.25, 0.3) is 22.9 Å². The molecular formula is C43H41F2N5O5. The largest absolute Gasteiger partial charge is 0.497 e. The molecular weight excluding hydrogens is 704 g/mol. The summed E-state index contributed by atoms with van der Waals surface area (Å²) < 4.78 is 35.7. The summed E-state index contributed by atoms with van der Waals surface area (Å²) >= 11 is 0. The van der Waals surface area contributed by atoms with E-state index >= 15 is 0 Å². The second-order valence-corrected chi connectivity index (χ2v) is 12.9. The first-order chi connectivity index (χ1) is 26.4. The van der Waals surface area contributed by atoms with Crippen LogP contribution in [0.4, 0.5) is 14.5 Å². The molecule has 6 rings (SSSR count). The van der Waals surface area contributed by atoms with Crippen molar-refractivity contribution in [2.45, 2.75) is 26.9 Å². The van der Waals surface area contributed by atoms with E-state index in [4.69, 9.17) is 4.74 Å². The fourth-order valence-corrected chi connectivity index (χ4v) is 5.54. The van der Waals surface area contributed by atoms with Crippen molar-refractivity contribution >= 4 is 17.5 Å². The van der Waals surface area contributed by atoms with Crippen molar-refractivity contribution in [2.24, 2.45) is 0 Å². The van der Waals surface area contributed by atoms with Crippen LogP contribution in [-0.2, 0) is 13.1 Å². The number of carbonyl (C=O) groups is 2. The summed E-state index contributed by atoms with van der Waals surface area (Å²) in [6.07, 6.45) is 2.90. The smallest absolute Gasteiger partial charge is 0.268 e. The molecule has 0 atom stereocenters. The van der Waals surface area contributed by atoms with E-state index in [1.807, 2.05) is 62.3 Å². The fourth-order valence-electron chi connectivity index (χ4n) is 5.54. The Morgan fingerprint density at radius 1 is 0.636 bits per heavy atom. The molecule has 4 aromatic carbocycles. The Balaban J connectivity index is 0.000000211. The van der Waals surface area contributed by atoms with Crippen molar-refractivity contribution in [1.82, 2.24) is 19.8 Å². The van der Waals surface area contributed by atoms with Gasteiger partial charge in [-0.15, -0.1) is 0 Å². The molecule has 10 nitrogen and oxygen atoms in total. The van der Waals surface area contributed by atoms with Gasteiger partial charge in [0, 0.05) is 45.3 Å². The summed E-state index contributed by atoms with van der Waals surface area (Å²) in [6.45, 7) is 4.17. The third-order valence-corrected chi connectivity index (χ3v) is 8.62. The van der Waals surface area contributed by atoms with Crippen LogP contribution in [0.2, 0.25) is 0 Å². The molecule has 55 heavy (non-hydrogen) atoms. The zero-order chi connectivity index (χ0) is 39.6. The minimum absolute atomic E-state index is 0.0340. The lowest BCUT2D eigenvalue weighted by Gasteiger charge is -2.13. The Morgan fingerprint density at radius 2 is 1.05 bits per heavy atom. The Hall–Kier alpha value is -6.82. The maximum atomic E-state index is 14.2. The lowest BCUT2D eigenvalue weighted by atomic mass is 10.1. The minimum Gasteiger partial charge on any atom is -0.497 e. The summed E-state index contributed by atoms with van der Waals surface area (Å²) in [7, 11) is 5.48. The number of nitrogens with zero attached hydrogens (tertiary/aromatic N) is 3. The highest BCUT2D eigenvalue weighted by Crippen LogP contribution is 2.16. The summed E-state index contributed by atoms with van der Waals surface area (Å²) in [5, 5.41) is 5.46. The number of nitrogens with one attached hydrogen (secondary N) is 2. The third kappa shape index (κ3) is 9.79. The highest BCUT2D eigenvalue weighted by molar-refractivity contribution is 5.94. The Labute approximate surface area is 317 Å². The van der Waals surface area contributed by atoms with Gasteiger partial charge in [0.15, 0.2) is 0 Å². The molecule has 2 N–H and O–H groups in total. The predicted octanol–water partition coefficient (Wildman–Crippen LogP) is 6.50. The van der Waals surface area contributed by atoms with E-state index in [2.05, 4.69) is 10.6 Å². The van der Waals surface area contributed by atoms with Gasteiger partial charge in [0.1, 0.15) is 28.5 Å². The number of pyridine rings is 2. The zero-order valence-corrected chi connectivity index (χ0v) is 31.1. The molecule has 2 heterocycles. The maximum absolute atomic E-state index is 14.2. The van der Waals surface area contributed by atoms with E-state index in [0.29, 0.717) is 6.54 Å². The Morgan fingerprint density at radius 3 is 1.45 bits per heavy atom. The van der Waals surface area contributed by atoms with Crippen molar-refractivity contribution in [1.29, 1.82) is 0 Å². The topological polar surface area (TPSA) is 115 Å². The average Bonchev–Trinajstić information content (AvgIpc) is 3.19. The normalized spacial score (nSPS) is 10.5. The van der Waals surface area contributed by atoms with Crippen molar-refractivity contribution < 1.29 is 23.1 Å². The van der Waals surface area contributed by atoms with Crippen LogP contribution in [-0.4, -0.2) is 42.2 Å². The van der Waals surface area contributed by atoms with Gasteiger partial charge < -0.3 is 20.3 Å². The van der Waals surface area contributed by atoms with Crippen molar-refractivity contribution in [3.8, 4) is 17.1 Å². The number of hydrogen-bond acceptors (Lipinski definition) is 6. The molecule has 0 unspecified atom stereocenters. The molecule has 0 aliphatic carbocycles. The molecule has 0 saturated heterocycles. The van der Waals surface area contributed by atoms with Gasteiger partial charge >= 0.3 is 0 Å². The molecule has 12 heteroatoms. The Bertz CT molecular complexity index is 2420. The summed E-state index contributed by atoms with van der Waals surface area (Å²) in [5.41, 5.74) is 3.49. The number of aromatic nitrogens is 2. The van der Waals surface area contributed by atoms with Gasteiger partial charge in [-0.2, -0.15) is 0 Å². The molecule has 6 aromatic rings. The minimum atomic E-state index is -0.575. The quantitative estimate of drug-likeness (QED) is 0.166. The van der Waals surface area contributed by atoms with Gasteiger partial charge in [-0.1, -0.05) is 36.4 Å². The van der Waals surface area contributed by atoms with Crippen molar-refractivity contribution in [3.05, 3.63) is 187 Å². The number of rotatable bonds is 10. The maximum Gasteiger partial charge on any atom is 0.268 e. The lowest BCUT2D eigenvalue weighted by molar-refractivity contribution is 0.0941. The second-order valence-electron chi connectivity index (χ2n) is 12.9. The molecule has 2 aromatic heterocycles. The number of benzene rings is 4. The first-order valence-corrected chi connectivity index (χ1v) is 17.3. The highest BCUT2D eigenvalue weighted by atomic mass is 19.1. The van der Waals surface area contributed by atoms with E-state index in [0.717, 1.165) is 42.8 Å². The van der Waals surface area contributed by atoms with Crippen LogP contribution in [0, 0.1) is 25.5 Å². The molecule has 282 valence electrons. The average molecular weight is 746 g/mol. The monoisotopic (exact) mass is 745 g/mol. The van der Waals surface area contributed by atoms with Gasteiger partial charge in [-0.3, -0.25) is 28.3 Å². The second kappa shape index (κ2) is 17.8. The van der Waals surface area contributed by atoms with Crippen LogP contribution in [0.15, 0.2) is 131 Å². The first kappa shape index (κ1) is 39.4. The van der Waals surface area contributed by atoms with Crippen LogP contribution in [0.5, 0.6) is 5.75 Å². The fraction of sp³-hybridized carbons (Fsp3) is 0.163. The van der Waals surface area contributed by atoms with E-state index in [9.17, 15) is 28.0 Å². The van der Waals surface area contributed by atoms with E-state index in [1.54, 1.807) is 62.6 Å². The summed E-state index contributed by atoms with van der Waals surface area (Å²) in [5.74, 6) is -1.34. The molecule has 2 amide bonds. The van der Waals surface area contributed by atoms with Crippen LogP contribution in [0.3, 0.4) is 0 Å². The summed E-state index contributed by atoms with van der Waals surface area (Å²) in [6, 6.07) is 29.9. The van der Waals surface area contributed by atoms with Crippen LogP contribution in [0.1, 0.15) is 43.0 Å². The van der Waals surface area contributed by atoms with Gasteiger partial charge in [-0.05, 0) is 109 Å². The van der Waals surface area contributed by atoms with E-state index in [-0.39, 0.29) is 29.0 Å². The highest BCUT2D eigenvalue weighted by Gasteiger charge is 2.16. The number of methoxy groups -OCH3 is 1. The number of halogens is 2. The number of anilines is 1. The molecule has 0 radical (unpaired) electrons. The standard InChI is InChI=1S/C22H22FN3O2.C21H19FN2O3/c1-15-6-11-19(23)20(13-15)26-12-4-5-18(22(26)28)21(27)24-14-16-7-9-17(10-8-16)25(2)3;1-14-5-10-18(22)19(12-14)24-11-3-4-17(21(24)26)20(25)23-13-15-6-8-16(27-2)9-7-15/h4-13H,14H2,1-3H3,(H,24,27);3-12H,13H2,1-2H3,(H,23,25). The van der Waals surface area contributed by atoms with E-state index < -0.39 is 34.6 Å². The number of amides is 2. The Kier molecular flexibility index (Phi) is 12.7. The van der Waals surface area contributed by atoms with Gasteiger partial charge in [0.05, 0.1) is 18.5 Å². The van der Waals surface area contributed by atoms with Crippen molar-refractivity contribution in [2.75, 3.05) is 26.1 Å². The van der Waals surface area contributed by atoms with Gasteiger partial charge in [-0.25, -0.2) is 8.78 Å². The van der Waals surface area contributed by atoms with E-state index in [1.165, 1.54) is 36.7 Å². The third-order valence-electron chi connectivity index (χ3n) is 8.62. The van der Waals surface area contributed by atoms with Crippen LogP contribution >= 0.6 is 0 Å². The van der Waals surface area contributed by atoms with Gasteiger partial charge in [0.2, 0.25) is 0 Å². The number of ether oxygens (including phenoxy) is 1. The number of hydrogen-bond donors (Lipinski definition) is 2. The first-order valence-electron chi connectivity index (χ1n) is 17.3. The molecule has 0 aliphatic rings. The number of carbonyl (C=O) groups excluding carboxylic acids is 2. The molecule has 0 aliphatic heterocycles. The predicted molar refractivity (Wildman–Crippen MR) is 210 cm³/mol. The molecule has 0 fully saturated rings. The summed E-state index contributed by atoms with van der Waals surface area (Å²) in [4.78, 5) is 52.4. The molecule has 0 bridgehead atoms. The molecule has 0 spiro atoms. The molecule has 0 saturated carbocycles. The van der Waals surface area contributed by atoms with Crippen LogP contribution < -0.4 is 31.4 Å². The zero-order valence-electron chi connectivity index (χ0n) is 31.1.